The topological polar surface area (TPSA) is 100 Å². The van der Waals surface area contributed by atoms with E-state index < -0.39 is 12.0 Å². The molecule has 0 bridgehead atoms. The highest BCUT2D eigenvalue weighted by Gasteiger charge is 2.54. The fraction of sp³-hybridized carbons (Fsp3) is 0.300. The zero-order valence-corrected chi connectivity index (χ0v) is 15.9. The lowest BCUT2D eigenvalue weighted by molar-refractivity contribution is -0.173. The average Bonchev–Trinajstić information content (AvgIpc) is 3.35. The van der Waals surface area contributed by atoms with Crippen LogP contribution in [0, 0.1) is 0 Å². The number of hydrogen-bond donors (Lipinski definition) is 1. The van der Waals surface area contributed by atoms with Crippen molar-refractivity contribution in [3.63, 3.8) is 0 Å². The molecular formula is C20H19N5O4. The van der Waals surface area contributed by atoms with Gasteiger partial charge in [0.2, 0.25) is 6.23 Å². The maximum Gasteiger partial charge on any atom is 0.256 e. The Kier molecular flexibility index (Phi) is 3.90. The first-order chi connectivity index (χ1) is 13.9. The Hall–Kier alpha value is -3.30. The van der Waals surface area contributed by atoms with E-state index in [1.54, 1.807) is 35.2 Å². The molecule has 2 saturated heterocycles. The summed E-state index contributed by atoms with van der Waals surface area (Å²) >= 11 is 0. The van der Waals surface area contributed by atoms with E-state index in [1.807, 2.05) is 19.9 Å². The van der Waals surface area contributed by atoms with Crippen molar-refractivity contribution in [1.29, 1.82) is 0 Å². The first-order valence-corrected chi connectivity index (χ1v) is 9.18. The third-order valence-electron chi connectivity index (χ3n) is 4.90. The van der Waals surface area contributed by atoms with Gasteiger partial charge >= 0.3 is 0 Å². The lowest BCUT2D eigenvalue weighted by Gasteiger charge is -2.23. The highest BCUT2D eigenvalue weighted by atomic mass is 16.8. The summed E-state index contributed by atoms with van der Waals surface area (Å²) in [6.07, 6.45) is 1.68. The standard InChI is InChI=1S/C20H19N5O4/c1-11-14-15(29-20(2,3)28-14)19(27-11)25-10-23-13-16(21-9-22-17(13)25)24-18(26)12-7-5-4-6-8-12/h4-10,14-15,19H,1H2,2-3H3,(H,21,22,24,26)/t14-,15-,19-/m1/s1. The van der Waals surface area contributed by atoms with Crippen LogP contribution in [0.5, 0.6) is 0 Å². The number of hydrogen-bond acceptors (Lipinski definition) is 7. The van der Waals surface area contributed by atoms with Crippen LogP contribution in [-0.4, -0.2) is 43.4 Å². The fourth-order valence-electron chi connectivity index (χ4n) is 3.65. The Morgan fingerprint density at radius 1 is 1.17 bits per heavy atom. The molecular weight excluding hydrogens is 374 g/mol. The second kappa shape index (κ2) is 6.36. The molecule has 1 amide bonds. The summed E-state index contributed by atoms with van der Waals surface area (Å²) in [6.45, 7) is 7.64. The summed E-state index contributed by atoms with van der Waals surface area (Å²) in [4.78, 5) is 25.4. The lowest BCUT2D eigenvalue weighted by Crippen LogP contribution is -2.27. The Balaban J connectivity index is 1.48. The molecule has 4 heterocycles. The Labute approximate surface area is 166 Å². The molecule has 0 saturated carbocycles. The lowest BCUT2D eigenvalue weighted by atomic mass is 10.2. The first kappa shape index (κ1) is 17.8. The van der Waals surface area contributed by atoms with Gasteiger partial charge in [-0.1, -0.05) is 24.8 Å². The summed E-state index contributed by atoms with van der Waals surface area (Å²) in [5.41, 5.74) is 1.48. The molecule has 0 spiro atoms. The minimum atomic E-state index is -0.736. The van der Waals surface area contributed by atoms with Gasteiger partial charge in [0, 0.05) is 5.56 Å². The van der Waals surface area contributed by atoms with Gasteiger partial charge in [0.1, 0.15) is 24.5 Å². The van der Waals surface area contributed by atoms with Crippen LogP contribution in [0.1, 0.15) is 30.4 Å². The monoisotopic (exact) mass is 393 g/mol. The largest absolute Gasteiger partial charge is 0.469 e. The smallest absolute Gasteiger partial charge is 0.256 e. The third kappa shape index (κ3) is 2.95. The van der Waals surface area contributed by atoms with Crippen LogP contribution in [0.15, 0.2) is 55.3 Å². The van der Waals surface area contributed by atoms with Crippen LogP contribution in [0.25, 0.3) is 11.2 Å². The van der Waals surface area contributed by atoms with Gasteiger partial charge in [0.05, 0.1) is 0 Å². The summed E-state index contributed by atoms with van der Waals surface area (Å²) in [5.74, 6) is -0.195. The van der Waals surface area contributed by atoms with E-state index in [0.29, 0.717) is 28.3 Å². The molecule has 5 rings (SSSR count). The number of carbonyl (C=O) groups is 1. The van der Waals surface area contributed by atoms with E-state index in [2.05, 4.69) is 26.8 Å². The molecule has 29 heavy (non-hydrogen) atoms. The second-order valence-electron chi connectivity index (χ2n) is 7.36. The number of ether oxygens (including phenoxy) is 3. The van der Waals surface area contributed by atoms with Crippen LogP contribution in [0.2, 0.25) is 0 Å². The summed E-state index contributed by atoms with van der Waals surface area (Å²) < 4.78 is 19.5. The normalized spacial score (nSPS) is 25.0. The van der Waals surface area contributed by atoms with Crippen molar-refractivity contribution in [1.82, 2.24) is 19.5 Å². The van der Waals surface area contributed by atoms with Crippen LogP contribution in [0.3, 0.4) is 0 Å². The number of amides is 1. The van der Waals surface area contributed by atoms with Crippen molar-refractivity contribution >= 4 is 22.9 Å². The fourth-order valence-corrected chi connectivity index (χ4v) is 3.65. The number of nitrogens with zero attached hydrogens (tertiary/aromatic N) is 4. The maximum absolute atomic E-state index is 12.5. The summed E-state index contributed by atoms with van der Waals surface area (Å²) in [7, 11) is 0. The summed E-state index contributed by atoms with van der Waals surface area (Å²) in [5, 5.41) is 2.79. The number of nitrogens with one attached hydrogen (secondary N) is 1. The third-order valence-corrected chi connectivity index (χ3v) is 4.90. The SMILES string of the molecule is C=C1O[C@@H](n2cnc3c(NC(=O)c4ccccc4)ncnc32)[C@@H]2OC(C)(C)O[C@H]12. The molecule has 2 aromatic heterocycles. The molecule has 0 radical (unpaired) electrons. The van der Waals surface area contributed by atoms with Gasteiger partial charge in [0.25, 0.3) is 5.91 Å². The number of benzene rings is 1. The van der Waals surface area contributed by atoms with Gasteiger partial charge in [-0.25, -0.2) is 15.0 Å². The first-order valence-electron chi connectivity index (χ1n) is 9.18. The molecule has 9 nitrogen and oxygen atoms in total. The molecule has 0 unspecified atom stereocenters. The van der Waals surface area contributed by atoms with E-state index in [0.717, 1.165) is 0 Å². The van der Waals surface area contributed by atoms with Gasteiger partial charge in [-0.2, -0.15) is 0 Å². The van der Waals surface area contributed by atoms with Crippen molar-refractivity contribution in [3.05, 3.63) is 60.9 Å². The molecule has 9 heteroatoms. The van der Waals surface area contributed by atoms with Gasteiger partial charge in [-0.05, 0) is 26.0 Å². The van der Waals surface area contributed by atoms with Crippen LogP contribution >= 0.6 is 0 Å². The number of rotatable bonds is 3. The molecule has 3 atom stereocenters. The zero-order chi connectivity index (χ0) is 20.2. The van der Waals surface area contributed by atoms with Gasteiger partial charge in [-0.15, -0.1) is 0 Å². The number of anilines is 1. The van der Waals surface area contributed by atoms with E-state index in [4.69, 9.17) is 14.2 Å². The van der Waals surface area contributed by atoms with Gasteiger partial charge in [0.15, 0.2) is 28.9 Å². The quantitative estimate of drug-likeness (QED) is 0.730. The highest BCUT2D eigenvalue weighted by Crippen LogP contribution is 2.44. The zero-order valence-electron chi connectivity index (χ0n) is 15.9. The van der Waals surface area contributed by atoms with Gasteiger partial charge < -0.3 is 19.5 Å². The Bertz CT molecular complexity index is 1110. The van der Waals surface area contributed by atoms with Gasteiger partial charge in [-0.3, -0.25) is 9.36 Å². The van der Waals surface area contributed by atoms with E-state index in [1.165, 1.54) is 6.33 Å². The van der Waals surface area contributed by atoms with Crippen molar-refractivity contribution in [2.24, 2.45) is 0 Å². The molecule has 1 aromatic carbocycles. The number of imidazole rings is 1. The molecule has 2 aliphatic rings. The van der Waals surface area contributed by atoms with Crippen LogP contribution < -0.4 is 5.32 Å². The van der Waals surface area contributed by atoms with E-state index >= 15 is 0 Å². The predicted molar refractivity (Wildman–Crippen MR) is 103 cm³/mol. The maximum atomic E-state index is 12.5. The number of fused-ring (bicyclic) bond motifs is 2. The average molecular weight is 393 g/mol. The molecule has 2 fully saturated rings. The Morgan fingerprint density at radius 2 is 1.97 bits per heavy atom. The van der Waals surface area contributed by atoms with Crippen molar-refractivity contribution < 1.29 is 19.0 Å². The minimum absolute atomic E-state index is 0.278. The van der Waals surface area contributed by atoms with Crippen LogP contribution in [-0.2, 0) is 14.2 Å². The molecule has 0 aliphatic carbocycles. The van der Waals surface area contributed by atoms with Crippen LogP contribution in [0.4, 0.5) is 5.82 Å². The molecule has 1 N–H and O–H groups in total. The number of aromatic nitrogens is 4. The molecule has 2 aliphatic heterocycles. The molecule has 3 aromatic rings. The van der Waals surface area contributed by atoms with E-state index in [9.17, 15) is 4.79 Å². The minimum Gasteiger partial charge on any atom is -0.469 e. The van der Waals surface area contributed by atoms with Crippen molar-refractivity contribution in [2.45, 2.75) is 38.1 Å². The Morgan fingerprint density at radius 3 is 2.76 bits per heavy atom. The second-order valence-corrected chi connectivity index (χ2v) is 7.36. The molecule has 148 valence electrons. The van der Waals surface area contributed by atoms with E-state index in [-0.39, 0.29) is 18.1 Å². The van der Waals surface area contributed by atoms with Crippen molar-refractivity contribution in [3.8, 4) is 0 Å². The highest BCUT2D eigenvalue weighted by molar-refractivity contribution is 6.06. The predicted octanol–water partition coefficient (Wildman–Crippen LogP) is 2.64. The van der Waals surface area contributed by atoms with Crippen molar-refractivity contribution in [2.75, 3.05) is 5.32 Å². The summed E-state index contributed by atoms with van der Waals surface area (Å²) in [6, 6.07) is 8.89. The number of carbonyl (C=O) groups excluding carboxylic acids is 1.